The van der Waals surface area contributed by atoms with Gasteiger partial charge in [0.15, 0.2) is 5.58 Å². The molecule has 3 aromatic rings. The van der Waals surface area contributed by atoms with Crippen LogP contribution in [0.4, 0.5) is 0 Å². The Morgan fingerprint density at radius 1 is 1.05 bits per heavy atom. The summed E-state index contributed by atoms with van der Waals surface area (Å²) in [7, 11) is 0. The third kappa shape index (κ3) is 7.42. The number of nitrogens with zero attached hydrogens (tertiary/aromatic N) is 1. The highest BCUT2D eigenvalue weighted by atomic mass is 35.5. The number of aryl methyl sites for hydroxylation is 1. The van der Waals surface area contributed by atoms with E-state index < -0.39 is 17.9 Å². The van der Waals surface area contributed by atoms with Crippen LogP contribution in [0.5, 0.6) is 0 Å². The number of carbonyl (C=O) groups excluding carboxylic acids is 3. The predicted molar refractivity (Wildman–Crippen MR) is 147 cm³/mol. The third-order valence-corrected chi connectivity index (χ3v) is 7.04. The van der Waals surface area contributed by atoms with Gasteiger partial charge in [-0.2, -0.15) is 0 Å². The molecule has 202 valence electrons. The lowest BCUT2D eigenvalue weighted by atomic mass is 9.95. The van der Waals surface area contributed by atoms with E-state index in [2.05, 4.69) is 20.9 Å². The summed E-state index contributed by atoms with van der Waals surface area (Å²) in [6, 6.07) is 13.1. The number of piperidine rings is 1. The molecule has 9 heteroatoms. The maximum Gasteiger partial charge on any atom is 0.266 e. The van der Waals surface area contributed by atoms with E-state index in [4.69, 9.17) is 16.0 Å². The van der Waals surface area contributed by atoms with Gasteiger partial charge >= 0.3 is 0 Å². The first kappa shape index (κ1) is 27.8. The van der Waals surface area contributed by atoms with Crippen molar-refractivity contribution in [1.29, 1.82) is 0 Å². The second-order valence-corrected chi connectivity index (χ2v) is 10.7. The van der Waals surface area contributed by atoms with Crippen molar-refractivity contribution in [3.05, 3.63) is 65.0 Å². The molecule has 2 amide bonds. The highest BCUT2D eigenvalue weighted by molar-refractivity contribution is 6.31. The van der Waals surface area contributed by atoms with Crippen molar-refractivity contribution in [2.24, 2.45) is 11.8 Å². The second kappa shape index (κ2) is 13.0. The number of carbonyl (C=O) groups is 3. The Kier molecular flexibility index (Phi) is 9.53. The van der Waals surface area contributed by atoms with E-state index in [1.54, 1.807) is 18.2 Å². The van der Waals surface area contributed by atoms with Crippen LogP contribution in [0.3, 0.4) is 0 Å². The first-order valence-electron chi connectivity index (χ1n) is 13.3. The van der Waals surface area contributed by atoms with Crippen LogP contribution in [0.1, 0.15) is 55.8 Å². The molecule has 1 aromatic heterocycles. The second-order valence-electron chi connectivity index (χ2n) is 10.3. The highest BCUT2D eigenvalue weighted by Gasteiger charge is 2.32. The van der Waals surface area contributed by atoms with Crippen LogP contribution in [0.25, 0.3) is 11.1 Å². The maximum absolute atomic E-state index is 13.6. The monoisotopic (exact) mass is 538 g/mol. The molecule has 0 aliphatic carbocycles. The van der Waals surface area contributed by atoms with Gasteiger partial charge in [-0.05, 0) is 74.9 Å². The number of rotatable bonds is 11. The first-order chi connectivity index (χ1) is 18.3. The Hall–Kier alpha value is -3.23. The fourth-order valence-corrected chi connectivity index (χ4v) is 4.89. The molecule has 3 N–H and O–H groups in total. The minimum atomic E-state index is -0.878. The van der Waals surface area contributed by atoms with Gasteiger partial charge in [0.25, 0.3) is 5.89 Å². The van der Waals surface area contributed by atoms with Crippen LogP contribution in [0, 0.1) is 11.8 Å². The maximum atomic E-state index is 13.6. The average molecular weight is 539 g/mol. The van der Waals surface area contributed by atoms with Crippen molar-refractivity contribution in [2.75, 3.05) is 13.1 Å². The summed E-state index contributed by atoms with van der Waals surface area (Å²) in [6.45, 7) is 5.56. The first-order valence-corrected chi connectivity index (χ1v) is 13.6. The van der Waals surface area contributed by atoms with E-state index >= 15 is 0 Å². The van der Waals surface area contributed by atoms with Crippen molar-refractivity contribution in [3.63, 3.8) is 0 Å². The van der Waals surface area contributed by atoms with Crippen LogP contribution in [-0.2, 0) is 16.0 Å². The fraction of sp³-hybridized carbons (Fsp3) is 0.448. The summed E-state index contributed by atoms with van der Waals surface area (Å²) in [4.78, 5) is 44.4. The lowest BCUT2D eigenvalue weighted by molar-refractivity contribution is -0.132. The molecule has 1 aliphatic rings. The van der Waals surface area contributed by atoms with Crippen molar-refractivity contribution in [3.8, 4) is 0 Å². The largest absolute Gasteiger partial charge is 0.434 e. The van der Waals surface area contributed by atoms with Crippen LogP contribution in [0.2, 0.25) is 5.02 Å². The van der Waals surface area contributed by atoms with Crippen LogP contribution >= 0.6 is 11.6 Å². The zero-order valence-electron chi connectivity index (χ0n) is 21.8. The molecule has 38 heavy (non-hydrogen) atoms. The van der Waals surface area contributed by atoms with E-state index in [0.29, 0.717) is 35.4 Å². The topological polar surface area (TPSA) is 113 Å². The standard InChI is InChI=1S/C29H35ClN4O4/c1-18(2)16-24(33-27(36)20-12-14-31-15-13-20)28(37)32-22(10-8-19-6-4-3-5-7-19)26(35)29-34-23-17-21(30)9-11-25(23)38-29/h3-7,9,11,17-18,20,22,24,31H,8,10,12-16H2,1-2H3,(H,32,37)(H,33,36)/t22-,24-/m0/s1. The fourth-order valence-electron chi connectivity index (χ4n) is 4.73. The Bertz CT molecular complexity index is 1250. The Balaban J connectivity index is 1.53. The van der Waals surface area contributed by atoms with Crippen molar-refractivity contribution < 1.29 is 18.8 Å². The van der Waals surface area contributed by atoms with E-state index in [0.717, 1.165) is 31.5 Å². The number of nitrogens with one attached hydrogen (secondary N) is 3. The molecule has 0 unspecified atom stereocenters. The molecule has 4 rings (SSSR count). The number of ketones is 1. The molecule has 1 fully saturated rings. The Morgan fingerprint density at radius 2 is 1.79 bits per heavy atom. The summed E-state index contributed by atoms with van der Waals surface area (Å²) in [5.74, 6) is -0.962. The van der Waals surface area contributed by atoms with Gasteiger partial charge in [0.2, 0.25) is 17.6 Å². The lowest BCUT2D eigenvalue weighted by Gasteiger charge is -2.27. The molecule has 8 nitrogen and oxygen atoms in total. The molecule has 1 aliphatic heterocycles. The van der Waals surface area contributed by atoms with E-state index in [-0.39, 0.29) is 29.5 Å². The molecule has 2 aromatic carbocycles. The van der Waals surface area contributed by atoms with Crippen molar-refractivity contribution in [2.45, 2.75) is 58.0 Å². The summed E-state index contributed by atoms with van der Waals surface area (Å²) >= 11 is 6.07. The summed E-state index contributed by atoms with van der Waals surface area (Å²) in [6.07, 6.45) is 2.86. The van der Waals surface area contributed by atoms with E-state index in [1.807, 2.05) is 44.2 Å². The number of Topliss-reactive ketones (excluding diaryl/α,β-unsaturated/α-hetero) is 1. The quantitative estimate of drug-likeness (QED) is 0.313. The lowest BCUT2D eigenvalue weighted by Crippen LogP contribution is -2.53. The van der Waals surface area contributed by atoms with E-state index in [1.165, 1.54) is 0 Å². The van der Waals surface area contributed by atoms with Gasteiger partial charge in [-0.15, -0.1) is 0 Å². The number of fused-ring (bicyclic) bond motifs is 1. The number of halogens is 1. The smallest absolute Gasteiger partial charge is 0.266 e. The molecule has 0 bridgehead atoms. The zero-order valence-corrected chi connectivity index (χ0v) is 22.6. The number of hydrogen-bond donors (Lipinski definition) is 3. The molecule has 2 atom stereocenters. The number of benzene rings is 2. The predicted octanol–water partition coefficient (Wildman–Crippen LogP) is 4.31. The molecule has 1 saturated heterocycles. The SMILES string of the molecule is CC(C)C[C@H](NC(=O)C1CCNCC1)C(=O)N[C@@H](CCc1ccccc1)C(=O)c1nc2cc(Cl)ccc2o1. The van der Waals surface area contributed by atoms with Crippen LogP contribution < -0.4 is 16.0 Å². The zero-order chi connectivity index (χ0) is 27.1. The molecule has 0 spiro atoms. The third-order valence-electron chi connectivity index (χ3n) is 6.81. The molecule has 2 heterocycles. The van der Waals surface area contributed by atoms with Gasteiger partial charge in [0.1, 0.15) is 11.6 Å². The number of aromatic nitrogens is 1. The highest BCUT2D eigenvalue weighted by Crippen LogP contribution is 2.22. The van der Waals surface area contributed by atoms with Gasteiger partial charge < -0.3 is 20.4 Å². The number of hydrogen-bond acceptors (Lipinski definition) is 6. The summed E-state index contributed by atoms with van der Waals surface area (Å²) in [5.41, 5.74) is 1.96. The minimum absolute atomic E-state index is 0.0835. The average Bonchev–Trinajstić information content (AvgIpc) is 3.34. The van der Waals surface area contributed by atoms with Gasteiger partial charge in [0.05, 0.1) is 6.04 Å². The van der Waals surface area contributed by atoms with Crippen LogP contribution in [0.15, 0.2) is 52.9 Å². The Morgan fingerprint density at radius 3 is 2.50 bits per heavy atom. The summed E-state index contributed by atoms with van der Waals surface area (Å²) < 4.78 is 5.72. The summed E-state index contributed by atoms with van der Waals surface area (Å²) in [5, 5.41) is 9.61. The van der Waals surface area contributed by atoms with Crippen LogP contribution in [-0.4, -0.2) is 47.8 Å². The molecule has 0 saturated carbocycles. The van der Waals surface area contributed by atoms with Gasteiger partial charge in [0, 0.05) is 10.9 Å². The van der Waals surface area contributed by atoms with Crippen molar-refractivity contribution >= 4 is 40.3 Å². The molecular weight excluding hydrogens is 504 g/mol. The normalized spacial score (nSPS) is 15.8. The Labute approximate surface area is 227 Å². The van der Waals surface area contributed by atoms with Gasteiger partial charge in [-0.25, -0.2) is 4.98 Å². The van der Waals surface area contributed by atoms with Gasteiger partial charge in [-0.1, -0.05) is 55.8 Å². The number of oxazole rings is 1. The van der Waals surface area contributed by atoms with Gasteiger partial charge in [-0.3, -0.25) is 14.4 Å². The molecule has 0 radical (unpaired) electrons. The number of amides is 2. The van der Waals surface area contributed by atoms with Crippen molar-refractivity contribution in [1.82, 2.24) is 20.9 Å². The van der Waals surface area contributed by atoms with E-state index in [9.17, 15) is 14.4 Å². The molecular formula is C29H35ClN4O4. The minimum Gasteiger partial charge on any atom is -0.434 e.